The Kier molecular flexibility index (Phi) is 6.02. The summed E-state index contributed by atoms with van der Waals surface area (Å²) in [5.74, 6) is 0.441. The van der Waals surface area contributed by atoms with Gasteiger partial charge >= 0.3 is 0 Å². The van der Waals surface area contributed by atoms with Crippen LogP contribution in [0.15, 0.2) is 47.3 Å². The van der Waals surface area contributed by atoms with E-state index in [1.165, 1.54) is 0 Å². The van der Waals surface area contributed by atoms with Gasteiger partial charge in [-0.15, -0.1) is 5.10 Å². The zero-order valence-electron chi connectivity index (χ0n) is 16.5. The molecule has 1 aliphatic heterocycles. The molecule has 0 spiro atoms. The van der Waals surface area contributed by atoms with Crippen LogP contribution in [0.2, 0.25) is 0 Å². The topological polar surface area (TPSA) is 85.4 Å². The van der Waals surface area contributed by atoms with Crippen LogP contribution in [0, 0.1) is 6.92 Å². The minimum atomic E-state index is -0.275. The van der Waals surface area contributed by atoms with Crippen LogP contribution >= 0.6 is 0 Å². The molecule has 1 amide bonds. The summed E-state index contributed by atoms with van der Waals surface area (Å²) in [7, 11) is 0. The maximum atomic E-state index is 12.6. The highest BCUT2D eigenvalue weighted by Gasteiger charge is 2.19. The lowest BCUT2D eigenvalue weighted by atomic mass is 10.2. The van der Waals surface area contributed by atoms with Crippen LogP contribution in [-0.4, -0.2) is 65.0 Å². The molecular formula is C21H25N5O3. The molecule has 3 heterocycles. The van der Waals surface area contributed by atoms with Crippen molar-refractivity contribution >= 4 is 5.91 Å². The lowest BCUT2D eigenvalue weighted by Gasteiger charge is -2.26. The second-order valence-corrected chi connectivity index (χ2v) is 7.08. The number of furan rings is 1. The highest BCUT2D eigenvalue weighted by Crippen LogP contribution is 2.22. The number of hydrogen-bond donors (Lipinski definition) is 1. The molecule has 0 saturated carbocycles. The zero-order chi connectivity index (χ0) is 20.1. The van der Waals surface area contributed by atoms with Crippen LogP contribution in [0.1, 0.15) is 22.6 Å². The molecular weight excluding hydrogens is 370 g/mol. The Labute approximate surface area is 169 Å². The number of carbonyl (C=O) groups excluding carboxylic acids is 1. The predicted octanol–water partition coefficient (Wildman–Crippen LogP) is 2.29. The van der Waals surface area contributed by atoms with Crippen molar-refractivity contribution in [1.82, 2.24) is 25.0 Å². The fourth-order valence-electron chi connectivity index (χ4n) is 3.26. The van der Waals surface area contributed by atoms with Gasteiger partial charge in [0, 0.05) is 19.6 Å². The van der Waals surface area contributed by atoms with Gasteiger partial charge in [-0.1, -0.05) is 17.7 Å². The van der Waals surface area contributed by atoms with Crippen LogP contribution in [0.25, 0.3) is 17.1 Å². The summed E-state index contributed by atoms with van der Waals surface area (Å²) in [5, 5.41) is 7.39. The Morgan fingerprint density at radius 2 is 1.97 bits per heavy atom. The van der Waals surface area contributed by atoms with Gasteiger partial charge in [-0.3, -0.25) is 9.69 Å². The number of nitrogens with one attached hydrogen (secondary N) is 1. The van der Waals surface area contributed by atoms with Gasteiger partial charge in [-0.25, -0.2) is 9.67 Å². The van der Waals surface area contributed by atoms with Crippen LogP contribution < -0.4 is 5.32 Å². The van der Waals surface area contributed by atoms with E-state index >= 15 is 0 Å². The molecule has 8 heteroatoms. The Balaban J connectivity index is 1.45. The minimum Gasteiger partial charge on any atom is -0.472 e. The number of amides is 1. The molecule has 152 valence electrons. The van der Waals surface area contributed by atoms with Gasteiger partial charge in [0.1, 0.15) is 6.26 Å². The third-order valence-corrected chi connectivity index (χ3v) is 4.91. The Morgan fingerprint density at radius 1 is 1.17 bits per heavy atom. The number of ether oxygens (including phenoxy) is 1. The van der Waals surface area contributed by atoms with Gasteiger partial charge in [0.15, 0.2) is 5.82 Å². The molecule has 1 fully saturated rings. The molecule has 29 heavy (non-hydrogen) atoms. The number of hydrogen-bond acceptors (Lipinski definition) is 6. The second kappa shape index (κ2) is 9.02. The van der Waals surface area contributed by atoms with Crippen molar-refractivity contribution in [2.24, 2.45) is 0 Å². The molecule has 1 aliphatic rings. The standard InChI is InChI=1S/C21H25N5O3/c1-16-3-5-18(6-4-16)26-20(17-7-12-29-15-17)23-19(24-26)21(27)22-8-2-9-25-10-13-28-14-11-25/h3-7,12,15H,2,8-11,13-14H2,1H3,(H,22,27). The van der Waals surface area contributed by atoms with Crippen molar-refractivity contribution < 1.29 is 13.9 Å². The molecule has 0 unspecified atom stereocenters. The fraction of sp³-hybridized carbons (Fsp3) is 0.381. The Morgan fingerprint density at radius 3 is 2.69 bits per heavy atom. The predicted molar refractivity (Wildman–Crippen MR) is 108 cm³/mol. The fourth-order valence-corrected chi connectivity index (χ4v) is 3.26. The molecule has 0 aliphatic carbocycles. The average molecular weight is 395 g/mol. The lowest BCUT2D eigenvalue weighted by molar-refractivity contribution is 0.0374. The molecule has 1 aromatic carbocycles. The zero-order valence-corrected chi connectivity index (χ0v) is 16.5. The Bertz CT molecular complexity index is 928. The highest BCUT2D eigenvalue weighted by atomic mass is 16.5. The first kappa shape index (κ1) is 19.4. The molecule has 1 saturated heterocycles. The summed E-state index contributed by atoms with van der Waals surface area (Å²) in [5.41, 5.74) is 2.76. The van der Waals surface area contributed by atoms with Crippen molar-refractivity contribution in [1.29, 1.82) is 0 Å². The van der Waals surface area contributed by atoms with Gasteiger partial charge in [0.2, 0.25) is 5.82 Å². The van der Waals surface area contributed by atoms with Gasteiger partial charge < -0.3 is 14.5 Å². The summed E-state index contributed by atoms with van der Waals surface area (Å²) >= 11 is 0. The van der Waals surface area contributed by atoms with E-state index < -0.39 is 0 Å². The largest absolute Gasteiger partial charge is 0.472 e. The van der Waals surface area contributed by atoms with E-state index in [1.807, 2.05) is 31.2 Å². The molecule has 8 nitrogen and oxygen atoms in total. The number of nitrogens with zero attached hydrogens (tertiary/aromatic N) is 4. The van der Waals surface area contributed by atoms with Crippen molar-refractivity contribution in [2.75, 3.05) is 39.4 Å². The number of aromatic nitrogens is 3. The molecule has 0 atom stereocenters. The molecule has 3 aromatic rings. The van der Waals surface area contributed by atoms with E-state index in [0.29, 0.717) is 12.4 Å². The van der Waals surface area contributed by atoms with Gasteiger partial charge in [-0.2, -0.15) is 0 Å². The number of morpholine rings is 1. The van der Waals surface area contributed by atoms with Crippen LogP contribution in [0.4, 0.5) is 0 Å². The summed E-state index contributed by atoms with van der Waals surface area (Å²) < 4.78 is 12.2. The van der Waals surface area contributed by atoms with E-state index in [4.69, 9.17) is 9.15 Å². The monoisotopic (exact) mass is 395 g/mol. The van der Waals surface area contributed by atoms with E-state index in [9.17, 15) is 4.79 Å². The first-order valence-corrected chi connectivity index (χ1v) is 9.86. The number of rotatable bonds is 7. The Hall–Kier alpha value is -2.97. The minimum absolute atomic E-state index is 0.146. The molecule has 1 N–H and O–H groups in total. The highest BCUT2D eigenvalue weighted by molar-refractivity contribution is 5.91. The maximum Gasteiger partial charge on any atom is 0.290 e. The van der Waals surface area contributed by atoms with Gasteiger partial charge in [0.25, 0.3) is 5.91 Å². The number of carbonyl (C=O) groups is 1. The smallest absolute Gasteiger partial charge is 0.290 e. The number of benzene rings is 1. The van der Waals surface area contributed by atoms with Crippen molar-refractivity contribution in [3.05, 3.63) is 54.2 Å². The second-order valence-electron chi connectivity index (χ2n) is 7.08. The summed E-state index contributed by atoms with van der Waals surface area (Å²) in [4.78, 5) is 19.4. The van der Waals surface area contributed by atoms with Crippen LogP contribution in [0.5, 0.6) is 0 Å². The summed E-state index contributed by atoms with van der Waals surface area (Å²) in [6, 6.07) is 9.72. The third kappa shape index (κ3) is 4.72. The van der Waals surface area contributed by atoms with E-state index in [2.05, 4.69) is 20.3 Å². The van der Waals surface area contributed by atoms with E-state index in [1.54, 1.807) is 23.3 Å². The molecule has 0 radical (unpaired) electrons. The lowest BCUT2D eigenvalue weighted by Crippen LogP contribution is -2.38. The van der Waals surface area contributed by atoms with Crippen LogP contribution in [0.3, 0.4) is 0 Å². The maximum absolute atomic E-state index is 12.6. The average Bonchev–Trinajstić information content (AvgIpc) is 3.42. The summed E-state index contributed by atoms with van der Waals surface area (Å²) in [6.07, 6.45) is 4.05. The first-order valence-electron chi connectivity index (χ1n) is 9.86. The molecule has 4 rings (SSSR count). The third-order valence-electron chi connectivity index (χ3n) is 4.91. The quantitative estimate of drug-likeness (QED) is 0.618. The molecule has 0 bridgehead atoms. The van der Waals surface area contributed by atoms with Crippen molar-refractivity contribution in [2.45, 2.75) is 13.3 Å². The van der Waals surface area contributed by atoms with Crippen LogP contribution in [-0.2, 0) is 4.74 Å². The van der Waals surface area contributed by atoms with E-state index in [0.717, 1.165) is 56.1 Å². The van der Waals surface area contributed by atoms with E-state index in [-0.39, 0.29) is 11.7 Å². The first-order chi connectivity index (χ1) is 14.2. The SMILES string of the molecule is Cc1ccc(-n2nc(C(=O)NCCCN3CCOCC3)nc2-c2ccoc2)cc1. The summed E-state index contributed by atoms with van der Waals surface area (Å²) in [6.45, 7) is 7.01. The molecule has 2 aromatic heterocycles. The normalized spacial score (nSPS) is 14.8. The van der Waals surface area contributed by atoms with Crippen molar-refractivity contribution in [3.8, 4) is 17.1 Å². The van der Waals surface area contributed by atoms with Crippen molar-refractivity contribution in [3.63, 3.8) is 0 Å². The van der Waals surface area contributed by atoms with Gasteiger partial charge in [0.05, 0.1) is 30.7 Å². The van der Waals surface area contributed by atoms with Gasteiger partial charge in [-0.05, 0) is 38.1 Å². The number of aryl methyl sites for hydroxylation is 1.